The summed E-state index contributed by atoms with van der Waals surface area (Å²) in [4.78, 5) is 35.5. The Labute approximate surface area is 229 Å². The highest BCUT2D eigenvalue weighted by Crippen LogP contribution is 2.31. The Bertz CT molecular complexity index is 1280. The van der Waals surface area contributed by atoms with Gasteiger partial charge in [-0.3, -0.25) is 24.8 Å². The van der Waals surface area contributed by atoms with Gasteiger partial charge in [0.25, 0.3) is 5.69 Å². The van der Waals surface area contributed by atoms with Crippen molar-refractivity contribution in [1.29, 1.82) is 0 Å². The maximum Gasteiger partial charge on any atom is 0.270 e. The predicted molar refractivity (Wildman–Crippen MR) is 154 cm³/mol. The fourth-order valence-electron chi connectivity index (χ4n) is 5.08. The van der Waals surface area contributed by atoms with E-state index in [1.54, 1.807) is 17.0 Å². The highest BCUT2D eigenvalue weighted by molar-refractivity contribution is 6.19. The van der Waals surface area contributed by atoms with E-state index < -0.39 is 4.92 Å². The molecule has 0 bridgehead atoms. The van der Waals surface area contributed by atoms with Crippen molar-refractivity contribution >= 4 is 41.1 Å². The largest absolute Gasteiger partial charge is 0.369 e. The number of anilines is 2. The van der Waals surface area contributed by atoms with Crippen LogP contribution in [-0.4, -0.2) is 67.3 Å². The minimum absolute atomic E-state index is 0. The fraction of sp³-hybridized carbons (Fsp3) is 0.310. The maximum absolute atomic E-state index is 13.1. The lowest BCUT2D eigenvalue weighted by Crippen LogP contribution is -2.46. The van der Waals surface area contributed by atoms with Gasteiger partial charge in [-0.1, -0.05) is 48.5 Å². The summed E-state index contributed by atoms with van der Waals surface area (Å²) in [5.41, 5.74) is 4.04. The highest BCUT2D eigenvalue weighted by atomic mass is 35.5. The van der Waals surface area contributed by atoms with Crippen LogP contribution in [0.4, 0.5) is 17.1 Å². The molecular formula is C29H32ClN5O3. The molecule has 0 radical (unpaired) electrons. The Morgan fingerprint density at radius 2 is 1.50 bits per heavy atom. The zero-order valence-corrected chi connectivity index (χ0v) is 22.1. The lowest BCUT2D eigenvalue weighted by molar-refractivity contribution is -0.384. The summed E-state index contributed by atoms with van der Waals surface area (Å²) in [6.45, 7) is 5.65. The third-order valence-electron chi connectivity index (χ3n) is 7.06. The summed E-state index contributed by atoms with van der Waals surface area (Å²) in [5, 5.41) is 11.5. The average Bonchev–Trinajstić information content (AvgIpc) is 3.08. The summed E-state index contributed by atoms with van der Waals surface area (Å²) in [7, 11) is 0. The number of fused-ring (bicyclic) bond motifs is 1. The first-order chi connectivity index (χ1) is 18.1. The molecule has 5 rings (SSSR count). The molecule has 38 heavy (non-hydrogen) atoms. The Balaban J connectivity index is 0.00000336. The van der Waals surface area contributed by atoms with Gasteiger partial charge in [0.15, 0.2) is 0 Å². The number of piperazine rings is 1. The van der Waals surface area contributed by atoms with Crippen LogP contribution in [0.15, 0.2) is 83.9 Å². The molecule has 8 nitrogen and oxygen atoms in total. The van der Waals surface area contributed by atoms with Crippen LogP contribution in [0.1, 0.15) is 24.0 Å². The van der Waals surface area contributed by atoms with Gasteiger partial charge in [-0.2, -0.15) is 0 Å². The van der Waals surface area contributed by atoms with E-state index in [1.165, 1.54) is 11.8 Å². The number of aliphatic imine (C=N–C) groups is 1. The molecule has 1 fully saturated rings. The number of hydrogen-bond donors (Lipinski definition) is 0. The number of hydrogen-bond acceptors (Lipinski definition) is 6. The Morgan fingerprint density at radius 1 is 0.842 bits per heavy atom. The van der Waals surface area contributed by atoms with Crippen LogP contribution in [0.5, 0.6) is 0 Å². The number of nitrogens with zero attached hydrogens (tertiary/aromatic N) is 5. The van der Waals surface area contributed by atoms with E-state index in [4.69, 9.17) is 0 Å². The molecule has 0 spiro atoms. The lowest BCUT2D eigenvalue weighted by atomic mass is 9.99. The minimum atomic E-state index is -0.405. The van der Waals surface area contributed by atoms with Crippen molar-refractivity contribution in [3.05, 3.63) is 100 Å². The zero-order valence-electron chi connectivity index (χ0n) is 21.2. The topological polar surface area (TPSA) is 82.3 Å². The number of amides is 1. The zero-order chi connectivity index (χ0) is 25.6. The van der Waals surface area contributed by atoms with Gasteiger partial charge in [-0.15, -0.1) is 12.4 Å². The van der Waals surface area contributed by atoms with Crippen LogP contribution >= 0.6 is 12.4 Å². The van der Waals surface area contributed by atoms with Crippen LogP contribution in [0, 0.1) is 10.1 Å². The van der Waals surface area contributed by atoms with Crippen molar-refractivity contribution in [3.63, 3.8) is 0 Å². The normalized spacial score (nSPS) is 15.8. The third-order valence-corrected chi connectivity index (χ3v) is 7.06. The molecule has 0 aromatic heterocycles. The summed E-state index contributed by atoms with van der Waals surface area (Å²) in [5.74, 6) is -0.0856. The molecule has 1 saturated heterocycles. The number of benzodiazepines with no additional fused rings is 1. The number of carbonyl (C=O) groups is 1. The quantitative estimate of drug-likeness (QED) is 0.236. The monoisotopic (exact) mass is 533 g/mol. The first kappa shape index (κ1) is 27.3. The molecule has 2 aliphatic rings. The van der Waals surface area contributed by atoms with Crippen LogP contribution in [0.3, 0.4) is 0 Å². The number of nitro benzene ring substituents is 1. The Kier molecular flexibility index (Phi) is 9.10. The van der Waals surface area contributed by atoms with E-state index in [2.05, 4.69) is 39.1 Å². The van der Waals surface area contributed by atoms with Gasteiger partial charge in [0.2, 0.25) is 5.91 Å². The van der Waals surface area contributed by atoms with Crippen LogP contribution in [0.25, 0.3) is 0 Å². The van der Waals surface area contributed by atoms with Crippen molar-refractivity contribution in [1.82, 2.24) is 4.90 Å². The molecule has 0 N–H and O–H groups in total. The molecule has 198 valence electrons. The summed E-state index contributed by atoms with van der Waals surface area (Å²) < 4.78 is 0. The van der Waals surface area contributed by atoms with Crippen LogP contribution in [-0.2, 0) is 4.79 Å². The van der Waals surface area contributed by atoms with Gasteiger partial charge in [0.1, 0.15) is 6.54 Å². The smallest absolute Gasteiger partial charge is 0.270 e. The minimum Gasteiger partial charge on any atom is -0.369 e. The van der Waals surface area contributed by atoms with Crippen LogP contribution in [0.2, 0.25) is 0 Å². The number of non-ortho nitro benzene ring substituents is 1. The number of unbranched alkanes of at least 4 members (excludes halogenated alkanes) is 1. The van der Waals surface area contributed by atoms with E-state index >= 15 is 0 Å². The van der Waals surface area contributed by atoms with Crippen molar-refractivity contribution in [3.8, 4) is 0 Å². The molecule has 2 heterocycles. The van der Waals surface area contributed by atoms with E-state index in [1.807, 2.05) is 36.4 Å². The number of benzene rings is 3. The van der Waals surface area contributed by atoms with E-state index in [0.29, 0.717) is 23.5 Å². The van der Waals surface area contributed by atoms with Gasteiger partial charge in [-0.25, -0.2) is 0 Å². The molecule has 1 amide bonds. The molecule has 0 saturated carbocycles. The highest BCUT2D eigenvalue weighted by Gasteiger charge is 2.27. The summed E-state index contributed by atoms with van der Waals surface area (Å²) in [6.07, 6.45) is 1.82. The van der Waals surface area contributed by atoms with Gasteiger partial charge in [0, 0.05) is 61.7 Å². The van der Waals surface area contributed by atoms with Crippen molar-refractivity contribution in [2.24, 2.45) is 4.99 Å². The molecular weight excluding hydrogens is 502 g/mol. The van der Waals surface area contributed by atoms with Crippen molar-refractivity contribution < 1.29 is 9.72 Å². The third kappa shape index (κ3) is 6.20. The van der Waals surface area contributed by atoms with Gasteiger partial charge in [-0.05, 0) is 37.6 Å². The summed E-state index contributed by atoms with van der Waals surface area (Å²) >= 11 is 0. The van der Waals surface area contributed by atoms with Gasteiger partial charge >= 0.3 is 0 Å². The molecule has 0 unspecified atom stereocenters. The molecule has 3 aromatic carbocycles. The maximum atomic E-state index is 13.1. The van der Waals surface area contributed by atoms with E-state index in [-0.39, 0.29) is 30.5 Å². The van der Waals surface area contributed by atoms with Gasteiger partial charge in [0.05, 0.1) is 16.3 Å². The predicted octanol–water partition coefficient (Wildman–Crippen LogP) is 4.80. The molecule has 3 aromatic rings. The Morgan fingerprint density at radius 3 is 2.18 bits per heavy atom. The van der Waals surface area contributed by atoms with E-state index in [0.717, 1.165) is 51.1 Å². The fourth-order valence-corrected chi connectivity index (χ4v) is 5.08. The van der Waals surface area contributed by atoms with Crippen molar-refractivity contribution in [2.45, 2.75) is 12.8 Å². The SMILES string of the molecule is Cl.O=C1CN=C(c2ccccc2)c2cc([N+](=O)[O-])ccc2N1CCCCN1CCN(c2ccccc2)CC1. The molecule has 2 aliphatic heterocycles. The number of para-hydroxylation sites is 1. The molecule has 0 atom stereocenters. The number of nitro groups is 1. The second-order valence-electron chi connectivity index (χ2n) is 9.41. The number of rotatable bonds is 8. The Hall–Kier alpha value is -3.75. The summed E-state index contributed by atoms with van der Waals surface area (Å²) in [6, 6.07) is 24.8. The molecule has 0 aliphatic carbocycles. The number of halogens is 1. The second-order valence-corrected chi connectivity index (χ2v) is 9.41. The van der Waals surface area contributed by atoms with Gasteiger partial charge < -0.3 is 9.80 Å². The lowest BCUT2D eigenvalue weighted by Gasteiger charge is -2.36. The average molecular weight is 534 g/mol. The van der Waals surface area contributed by atoms with E-state index in [9.17, 15) is 14.9 Å². The van der Waals surface area contributed by atoms with Crippen LogP contribution < -0.4 is 9.80 Å². The standard InChI is InChI=1S/C29H31N5O3.ClH/c35-28-22-30-29(23-9-3-1-4-10-23)26-21-25(34(36)37)13-14-27(26)33(28)16-8-7-15-31-17-19-32(20-18-31)24-11-5-2-6-12-24;/h1-6,9-14,21H,7-8,15-20,22H2;1H. The first-order valence-electron chi connectivity index (χ1n) is 12.8. The second kappa shape index (κ2) is 12.7. The molecule has 9 heteroatoms. The van der Waals surface area contributed by atoms with Crippen molar-refractivity contribution in [2.75, 3.05) is 55.6 Å². The number of carbonyl (C=O) groups excluding carboxylic acids is 1. The first-order valence-corrected chi connectivity index (χ1v) is 12.8.